The molecule has 0 radical (unpaired) electrons. The first kappa shape index (κ1) is 11.7. The first-order valence-electron chi connectivity index (χ1n) is 6.01. The number of nitrogens with zero attached hydrogens (tertiary/aromatic N) is 3. The second-order valence-electron chi connectivity index (χ2n) is 4.51. The third kappa shape index (κ3) is 1.68. The molecule has 0 unspecified atom stereocenters. The average molecular weight is 258 g/mol. The Morgan fingerprint density at radius 1 is 1.47 bits per heavy atom. The molecule has 0 aliphatic heterocycles. The molecular weight excluding hydrogens is 244 g/mol. The summed E-state index contributed by atoms with van der Waals surface area (Å²) >= 11 is 0. The van der Waals surface area contributed by atoms with Gasteiger partial charge < -0.3 is 15.4 Å². The summed E-state index contributed by atoms with van der Waals surface area (Å²) in [4.78, 5) is 15.4. The van der Waals surface area contributed by atoms with Gasteiger partial charge in [0.15, 0.2) is 0 Å². The number of hydrogen-bond acceptors (Lipinski definition) is 3. The van der Waals surface area contributed by atoms with E-state index in [2.05, 4.69) is 4.98 Å². The van der Waals surface area contributed by atoms with Gasteiger partial charge in [-0.05, 0) is 24.7 Å². The highest BCUT2D eigenvalue weighted by atomic mass is 16.4. The van der Waals surface area contributed by atoms with E-state index in [1.54, 1.807) is 18.2 Å². The van der Waals surface area contributed by atoms with Crippen molar-refractivity contribution in [3.63, 3.8) is 0 Å². The fourth-order valence-electron chi connectivity index (χ4n) is 2.33. The number of fused-ring (bicyclic) bond motifs is 3. The number of benzene rings is 1. The van der Waals surface area contributed by atoms with E-state index in [9.17, 15) is 4.79 Å². The van der Waals surface area contributed by atoms with Gasteiger partial charge in [0.05, 0.1) is 16.6 Å². The molecule has 98 valence electrons. The van der Waals surface area contributed by atoms with E-state index < -0.39 is 5.97 Å². The number of carbonyl (C=O) groups is 1. The number of imidazole rings is 2. The lowest BCUT2D eigenvalue weighted by atomic mass is 10.2. The van der Waals surface area contributed by atoms with Gasteiger partial charge in [0.25, 0.3) is 0 Å². The van der Waals surface area contributed by atoms with Crippen molar-refractivity contribution in [2.45, 2.75) is 6.42 Å². The van der Waals surface area contributed by atoms with Crippen LogP contribution in [0.3, 0.4) is 0 Å². The number of nitrogens with two attached hydrogens (primary N) is 1. The van der Waals surface area contributed by atoms with E-state index in [1.807, 2.05) is 22.2 Å². The fraction of sp³-hybridized carbons (Fsp3) is 0.231. The molecule has 1 aromatic carbocycles. The van der Waals surface area contributed by atoms with Crippen LogP contribution in [0.25, 0.3) is 16.8 Å². The molecule has 0 saturated carbocycles. The molecule has 19 heavy (non-hydrogen) atoms. The van der Waals surface area contributed by atoms with Gasteiger partial charge in [-0.15, -0.1) is 0 Å². The molecule has 3 rings (SSSR count). The standard InChI is InChI=1S/C13H14N4O2/c1-16-9(4-5-14)7-17-11-3-2-8(12(18)19)6-10(11)15-13(16)17/h2-3,6-7H,4-5,14H2,1H3,(H,18,19). The molecule has 3 aromatic rings. The van der Waals surface area contributed by atoms with Crippen molar-refractivity contribution >= 4 is 22.8 Å². The number of aromatic nitrogens is 3. The second-order valence-corrected chi connectivity index (χ2v) is 4.51. The van der Waals surface area contributed by atoms with Crippen LogP contribution in [0.15, 0.2) is 24.4 Å². The van der Waals surface area contributed by atoms with E-state index >= 15 is 0 Å². The summed E-state index contributed by atoms with van der Waals surface area (Å²) in [7, 11) is 1.93. The molecule has 2 heterocycles. The summed E-state index contributed by atoms with van der Waals surface area (Å²) < 4.78 is 3.94. The molecule has 2 aromatic heterocycles. The van der Waals surface area contributed by atoms with Crippen LogP contribution in [0.1, 0.15) is 16.1 Å². The van der Waals surface area contributed by atoms with Crippen LogP contribution in [-0.4, -0.2) is 31.6 Å². The number of rotatable bonds is 3. The third-order valence-electron chi connectivity index (χ3n) is 3.33. The summed E-state index contributed by atoms with van der Waals surface area (Å²) in [5.74, 6) is -0.149. The van der Waals surface area contributed by atoms with Crippen LogP contribution in [0, 0.1) is 0 Å². The molecule has 0 aliphatic carbocycles. The molecule has 0 spiro atoms. The van der Waals surface area contributed by atoms with E-state index in [4.69, 9.17) is 10.8 Å². The van der Waals surface area contributed by atoms with Crippen LogP contribution in [-0.2, 0) is 13.5 Å². The Bertz CT molecular complexity index is 785. The van der Waals surface area contributed by atoms with Gasteiger partial charge in [-0.2, -0.15) is 0 Å². The SMILES string of the molecule is Cn1c(CCN)cn2c3ccc(C(=O)O)cc3nc12. The number of aromatic carboxylic acids is 1. The van der Waals surface area contributed by atoms with E-state index in [0.29, 0.717) is 12.1 Å². The van der Waals surface area contributed by atoms with Gasteiger partial charge in [-0.1, -0.05) is 0 Å². The zero-order chi connectivity index (χ0) is 13.6. The highest BCUT2D eigenvalue weighted by Gasteiger charge is 2.13. The molecule has 0 saturated heterocycles. The van der Waals surface area contributed by atoms with Crippen molar-refractivity contribution in [3.8, 4) is 0 Å². The van der Waals surface area contributed by atoms with Crippen LogP contribution in [0.4, 0.5) is 0 Å². The molecule has 0 aliphatic rings. The molecule has 0 bridgehead atoms. The van der Waals surface area contributed by atoms with Crippen molar-refractivity contribution < 1.29 is 9.90 Å². The molecule has 0 fully saturated rings. The van der Waals surface area contributed by atoms with Crippen molar-refractivity contribution in [3.05, 3.63) is 35.7 Å². The number of carboxylic acids is 1. The lowest BCUT2D eigenvalue weighted by Crippen LogP contribution is -2.06. The van der Waals surface area contributed by atoms with Gasteiger partial charge in [0.2, 0.25) is 5.78 Å². The summed E-state index contributed by atoms with van der Waals surface area (Å²) in [6.45, 7) is 0.585. The second kappa shape index (κ2) is 4.10. The van der Waals surface area contributed by atoms with Crippen molar-refractivity contribution in [1.82, 2.24) is 14.0 Å². The van der Waals surface area contributed by atoms with Crippen LogP contribution < -0.4 is 5.73 Å². The van der Waals surface area contributed by atoms with E-state index in [-0.39, 0.29) is 5.56 Å². The van der Waals surface area contributed by atoms with Crippen LogP contribution in [0.5, 0.6) is 0 Å². The van der Waals surface area contributed by atoms with Crippen molar-refractivity contribution in [2.75, 3.05) is 6.54 Å². The first-order chi connectivity index (χ1) is 9.11. The highest BCUT2D eigenvalue weighted by molar-refractivity contribution is 5.93. The monoisotopic (exact) mass is 258 g/mol. The molecular formula is C13H14N4O2. The molecule has 6 heteroatoms. The minimum Gasteiger partial charge on any atom is -0.478 e. The Labute approximate surface area is 109 Å². The lowest BCUT2D eigenvalue weighted by Gasteiger charge is -1.98. The number of carboxylic acid groups (broad SMARTS) is 1. The minimum atomic E-state index is -0.942. The number of aryl methyl sites for hydroxylation is 1. The molecule has 0 amide bonds. The Hall–Kier alpha value is -2.34. The zero-order valence-electron chi connectivity index (χ0n) is 10.5. The Balaban J connectivity index is 2.26. The predicted octanol–water partition coefficient (Wildman–Crippen LogP) is 1.03. The Morgan fingerprint density at radius 2 is 2.26 bits per heavy atom. The average Bonchev–Trinajstić information content (AvgIpc) is 2.88. The summed E-state index contributed by atoms with van der Waals surface area (Å²) in [6, 6.07) is 4.96. The quantitative estimate of drug-likeness (QED) is 0.734. The van der Waals surface area contributed by atoms with Crippen LogP contribution in [0.2, 0.25) is 0 Å². The highest BCUT2D eigenvalue weighted by Crippen LogP contribution is 2.20. The predicted molar refractivity (Wildman–Crippen MR) is 71.4 cm³/mol. The topological polar surface area (TPSA) is 85.5 Å². The minimum absolute atomic E-state index is 0.248. The Morgan fingerprint density at radius 3 is 2.95 bits per heavy atom. The molecule has 6 nitrogen and oxygen atoms in total. The first-order valence-corrected chi connectivity index (χ1v) is 6.01. The van der Waals surface area contributed by atoms with Crippen LogP contribution >= 0.6 is 0 Å². The maximum atomic E-state index is 11.0. The van der Waals surface area contributed by atoms with Gasteiger partial charge in [0.1, 0.15) is 0 Å². The normalized spacial score (nSPS) is 11.5. The van der Waals surface area contributed by atoms with Gasteiger partial charge in [0, 0.05) is 25.4 Å². The summed E-state index contributed by atoms with van der Waals surface area (Å²) in [5, 5.41) is 8.98. The van der Waals surface area contributed by atoms with Crippen molar-refractivity contribution in [1.29, 1.82) is 0 Å². The maximum absolute atomic E-state index is 11.0. The molecule has 3 N–H and O–H groups in total. The third-order valence-corrected chi connectivity index (χ3v) is 3.33. The smallest absolute Gasteiger partial charge is 0.335 e. The van der Waals surface area contributed by atoms with Crippen molar-refractivity contribution in [2.24, 2.45) is 12.8 Å². The summed E-state index contributed by atoms with van der Waals surface area (Å²) in [6.07, 6.45) is 2.78. The van der Waals surface area contributed by atoms with E-state index in [0.717, 1.165) is 23.4 Å². The molecule has 0 atom stereocenters. The zero-order valence-corrected chi connectivity index (χ0v) is 10.5. The fourth-order valence-corrected chi connectivity index (χ4v) is 2.33. The summed E-state index contributed by atoms with van der Waals surface area (Å²) in [5.41, 5.74) is 8.52. The van der Waals surface area contributed by atoms with Gasteiger partial charge in [-0.25, -0.2) is 9.78 Å². The van der Waals surface area contributed by atoms with Gasteiger partial charge in [-0.3, -0.25) is 4.40 Å². The maximum Gasteiger partial charge on any atom is 0.335 e. The Kier molecular flexibility index (Phi) is 2.53. The largest absolute Gasteiger partial charge is 0.478 e. The lowest BCUT2D eigenvalue weighted by molar-refractivity contribution is 0.0697. The number of hydrogen-bond donors (Lipinski definition) is 2. The van der Waals surface area contributed by atoms with Gasteiger partial charge >= 0.3 is 5.97 Å². The van der Waals surface area contributed by atoms with E-state index in [1.165, 1.54) is 0 Å².